The van der Waals surface area contributed by atoms with Crippen LogP contribution in [0.4, 0.5) is 8.78 Å². The number of hydrogen-bond donors (Lipinski definition) is 1. The smallest absolute Gasteiger partial charge is 0.266 e. The Morgan fingerprint density at radius 2 is 2.00 bits per heavy atom. The summed E-state index contributed by atoms with van der Waals surface area (Å²) >= 11 is 7.21. The Hall–Kier alpha value is -0.450. The summed E-state index contributed by atoms with van der Waals surface area (Å²) in [5.41, 5.74) is -0.820. The summed E-state index contributed by atoms with van der Waals surface area (Å²) in [5.74, 6) is -2.81. The van der Waals surface area contributed by atoms with Crippen LogP contribution in [-0.4, -0.2) is 11.0 Å². The largest absolute Gasteiger partial charge is 0.381 e. The van der Waals surface area contributed by atoms with Crippen molar-refractivity contribution in [2.24, 2.45) is 0 Å². The normalized spacial score (nSPS) is 29.3. The Labute approximate surface area is 95.0 Å². The maximum absolute atomic E-state index is 12.9. The molecule has 0 radical (unpaired) electrons. The van der Waals surface area contributed by atoms with Gasteiger partial charge in [-0.05, 0) is 24.0 Å². The minimum absolute atomic E-state index is 0.00699. The van der Waals surface area contributed by atoms with Crippen LogP contribution in [0.5, 0.6) is 0 Å². The minimum atomic E-state index is -2.81. The highest BCUT2D eigenvalue weighted by molar-refractivity contribution is 7.08. The summed E-state index contributed by atoms with van der Waals surface area (Å²) in [6, 6.07) is 0. The standard InChI is InChI=1S/C10H9ClF2OS/c11-8-6-15-5-7(8)9(14)1-3-10(12,13)4-2-9/h1,3,5-6,14H,2,4H2. The summed E-state index contributed by atoms with van der Waals surface area (Å²) in [5, 5.41) is 13.9. The van der Waals surface area contributed by atoms with Crippen LogP contribution in [-0.2, 0) is 5.60 Å². The van der Waals surface area contributed by atoms with Gasteiger partial charge in [-0.25, -0.2) is 8.78 Å². The van der Waals surface area contributed by atoms with Gasteiger partial charge >= 0.3 is 0 Å². The third-order valence-corrected chi connectivity index (χ3v) is 3.71. The monoisotopic (exact) mass is 250 g/mol. The number of alkyl halides is 2. The Bertz CT molecular complexity index is 402. The van der Waals surface area contributed by atoms with Crippen molar-refractivity contribution < 1.29 is 13.9 Å². The van der Waals surface area contributed by atoms with Crippen LogP contribution >= 0.6 is 22.9 Å². The highest BCUT2D eigenvalue weighted by Crippen LogP contribution is 2.42. The van der Waals surface area contributed by atoms with Gasteiger partial charge in [0.05, 0.1) is 5.02 Å². The third-order valence-electron chi connectivity index (χ3n) is 2.52. The van der Waals surface area contributed by atoms with Gasteiger partial charge in [-0.15, -0.1) is 0 Å². The average Bonchev–Trinajstić information content (AvgIpc) is 2.58. The molecule has 1 N–H and O–H groups in total. The van der Waals surface area contributed by atoms with Crippen molar-refractivity contribution in [2.75, 3.05) is 0 Å². The van der Waals surface area contributed by atoms with Crippen molar-refractivity contribution in [3.63, 3.8) is 0 Å². The molecule has 0 spiro atoms. The van der Waals surface area contributed by atoms with Gasteiger partial charge in [0.2, 0.25) is 0 Å². The molecule has 0 aliphatic heterocycles. The molecule has 1 aromatic rings. The molecular formula is C10H9ClF2OS. The molecule has 2 rings (SSSR count). The van der Waals surface area contributed by atoms with Gasteiger partial charge in [-0.3, -0.25) is 0 Å². The molecule has 0 amide bonds. The lowest BCUT2D eigenvalue weighted by Gasteiger charge is -2.30. The molecule has 1 aliphatic carbocycles. The number of allylic oxidation sites excluding steroid dienone is 1. The first kappa shape index (κ1) is 11.0. The molecule has 15 heavy (non-hydrogen) atoms. The van der Waals surface area contributed by atoms with Crippen LogP contribution in [0.1, 0.15) is 18.4 Å². The molecular weight excluding hydrogens is 242 g/mol. The molecule has 0 aromatic carbocycles. The van der Waals surface area contributed by atoms with Gasteiger partial charge in [0.1, 0.15) is 5.60 Å². The van der Waals surface area contributed by atoms with Gasteiger partial charge in [0, 0.05) is 17.4 Å². The van der Waals surface area contributed by atoms with E-state index in [9.17, 15) is 13.9 Å². The number of aliphatic hydroxyl groups is 1. The number of rotatable bonds is 1. The van der Waals surface area contributed by atoms with E-state index in [1.165, 1.54) is 11.3 Å². The van der Waals surface area contributed by atoms with Gasteiger partial charge < -0.3 is 5.11 Å². The fourth-order valence-corrected chi connectivity index (χ4v) is 2.82. The predicted octanol–water partition coefficient (Wildman–Crippen LogP) is 3.57. The Balaban J connectivity index is 2.35. The first-order valence-corrected chi connectivity index (χ1v) is 5.78. The maximum Gasteiger partial charge on any atom is 0.266 e. The summed E-state index contributed by atoms with van der Waals surface area (Å²) in [4.78, 5) is 0. The molecule has 1 nitrogen and oxygen atoms in total. The van der Waals surface area contributed by atoms with Crippen molar-refractivity contribution in [3.8, 4) is 0 Å². The first-order chi connectivity index (χ1) is 6.93. The molecule has 0 fully saturated rings. The molecule has 0 saturated heterocycles. The maximum atomic E-state index is 12.9. The fraction of sp³-hybridized carbons (Fsp3) is 0.400. The number of halogens is 3. The van der Waals surface area contributed by atoms with E-state index in [1.807, 2.05) is 0 Å². The molecule has 1 heterocycles. The summed E-state index contributed by atoms with van der Waals surface area (Å²) in [6.45, 7) is 0. The van der Waals surface area contributed by atoms with E-state index >= 15 is 0 Å². The van der Waals surface area contributed by atoms with E-state index in [0.29, 0.717) is 10.6 Å². The lowest BCUT2D eigenvalue weighted by Crippen LogP contribution is -2.31. The Morgan fingerprint density at radius 3 is 2.47 bits per heavy atom. The van der Waals surface area contributed by atoms with E-state index in [4.69, 9.17) is 11.6 Å². The first-order valence-electron chi connectivity index (χ1n) is 4.46. The molecule has 1 unspecified atom stereocenters. The van der Waals surface area contributed by atoms with Gasteiger partial charge in [0.15, 0.2) is 0 Å². The second kappa shape index (κ2) is 3.54. The van der Waals surface area contributed by atoms with Crippen molar-refractivity contribution in [1.82, 2.24) is 0 Å². The summed E-state index contributed by atoms with van der Waals surface area (Å²) in [6.07, 6.45) is 1.54. The number of thiophene rings is 1. The zero-order chi connectivity index (χ0) is 11.1. The van der Waals surface area contributed by atoms with E-state index in [-0.39, 0.29) is 12.8 Å². The second-order valence-electron chi connectivity index (χ2n) is 3.65. The topological polar surface area (TPSA) is 20.2 Å². The fourth-order valence-electron chi connectivity index (χ4n) is 1.60. The van der Waals surface area contributed by atoms with E-state index < -0.39 is 11.5 Å². The zero-order valence-corrected chi connectivity index (χ0v) is 9.29. The molecule has 1 aliphatic rings. The molecule has 1 aromatic heterocycles. The van der Waals surface area contributed by atoms with Crippen molar-refractivity contribution >= 4 is 22.9 Å². The lowest BCUT2D eigenvalue weighted by molar-refractivity contribution is -0.0135. The Kier molecular flexibility index (Phi) is 2.61. The van der Waals surface area contributed by atoms with Gasteiger partial charge in [0.25, 0.3) is 5.92 Å². The SMILES string of the molecule is OC1(c2cscc2Cl)C=CC(F)(F)CC1. The van der Waals surface area contributed by atoms with Crippen molar-refractivity contribution in [2.45, 2.75) is 24.4 Å². The minimum Gasteiger partial charge on any atom is -0.381 e. The highest BCUT2D eigenvalue weighted by atomic mass is 35.5. The third kappa shape index (κ3) is 2.07. The lowest BCUT2D eigenvalue weighted by atomic mass is 9.85. The van der Waals surface area contributed by atoms with Gasteiger partial charge in [-0.1, -0.05) is 11.6 Å². The van der Waals surface area contributed by atoms with Crippen LogP contribution in [0.2, 0.25) is 5.02 Å². The molecule has 0 saturated carbocycles. The van der Waals surface area contributed by atoms with Crippen LogP contribution in [0.3, 0.4) is 0 Å². The average molecular weight is 251 g/mol. The quantitative estimate of drug-likeness (QED) is 0.756. The predicted molar refractivity (Wildman–Crippen MR) is 56.5 cm³/mol. The molecule has 1 atom stereocenters. The molecule has 82 valence electrons. The van der Waals surface area contributed by atoms with Crippen LogP contribution in [0.25, 0.3) is 0 Å². The van der Waals surface area contributed by atoms with E-state index in [0.717, 1.165) is 12.2 Å². The Morgan fingerprint density at radius 1 is 1.27 bits per heavy atom. The summed E-state index contributed by atoms with van der Waals surface area (Å²) < 4.78 is 25.7. The van der Waals surface area contributed by atoms with Gasteiger partial charge in [-0.2, -0.15) is 11.3 Å². The molecule has 5 heteroatoms. The summed E-state index contributed by atoms with van der Waals surface area (Å²) in [7, 11) is 0. The van der Waals surface area contributed by atoms with Crippen molar-refractivity contribution in [1.29, 1.82) is 0 Å². The number of hydrogen-bond acceptors (Lipinski definition) is 2. The highest BCUT2D eigenvalue weighted by Gasteiger charge is 2.39. The van der Waals surface area contributed by atoms with Crippen LogP contribution < -0.4 is 0 Å². The molecule has 0 bridgehead atoms. The van der Waals surface area contributed by atoms with Crippen LogP contribution in [0.15, 0.2) is 22.9 Å². The van der Waals surface area contributed by atoms with E-state index in [2.05, 4.69) is 0 Å². The van der Waals surface area contributed by atoms with E-state index in [1.54, 1.807) is 10.8 Å². The van der Waals surface area contributed by atoms with Crippen LogP contribution in [0, 0.1) is 0 Å². The van der Waals surface area contributed by atoms with Crippen molar-refractivity contribution in [3.05, 3.63) is 33.5 Å². The second-order valence-corrected chi connectivity index (χ2v) is 4.80. The zero-order valence-electron chi connectivity index (χ0n) is 7.71.